The SMILES string of the molecule is CCOc1ccccc1CCC(=O)Nc1cccc2cccnc12. The Labute approximate surface area is 141 Å². The van der Waals surface area contributed by atoms with Crippen molar-refractivity contribution in [1.82, 2.24) is 4.98 Å². The molecule has 4 heteroatoms. The average molecular weight is 320 g/mol. The molecule has 1 heterocycles. The molecule has 2 aromatic carbocycles. The van der Waals surface area contributed by atoms with Crippen LogP contribution >= 0.6 is 0 Å². The Morgan fingerprint density at radius 1 is 1.08 bits per heavy atom. The van der Waals surface area contributed by atoms with E-state index < -0.39 is 0 Å². The maximum Gasteiger partial charge on any atom is 0.224 e. The maximum absolute atomic E-state index is 12.3. The summed E-state index contributed by atoms with van der Waals surface area (Å²) in [5, 5.41) is 3.98. The molecule has 0 aliphatic rings. The molecule has 0 radical (unpaired) electrons. The first-order valence-corrected chi connectivity index (χ1v) is 8.12. The minimum Gasteiger partial charge on any atom is -0.494 e. The van der Waals surface area contributed by atoms with Gasteiger partial charge in [0.15, 0.2) is 0 Å². The van der Waals surface area contributed by atoms with Gasteiger partial charge in [0.05, 0.1) is 17.8 Å². The highest BCUT2D eigenvalue weighted by Crippen LogP contribution is 2.22. The van der Waals surface area contributed by atoms with Crippen LogP contribution in [0.5, 0.6) is 5.75 Å². The fourth-order valence-corrected chi connectivity index (χ4v) is 2.67. The fraction of sp³-hybridized carbons (Fsp3) is 0.200. The Bertz CT molecular complexity index is 840. The summed E-state index contributed by atoms with van der Waals surface area (Å²) in [6.07, 6.45) is 2.77. The number of pyridine rings is 1. The zero-order valence-corrected chi connectivity index (χ0v) is 13.7. The van der Waals surface area contributed by atoms with E-state index in [9.17, 15) is 4.79 Å². The summed E-state index contributed by atoms with van der Waals surface area (Å²) in [6.45, 7) is 2.57. The van der Waals surface area contributed by atoms with Gasteiger partial charge in [0.2, 0.25) is 5.91 Å². The maximum atomic E-state index is 12.3. The lowest BCUT2D eigenvalue weighted by atomic mass is 10.1. The molecule has 0 fully saturated rings. The number of amides is 1. The van der Waals surface area contributed by atoms with Crippen LogP contribution < -0.4 is 10.1 Å². The van der Waals surface area contributed by atoms with Crippen molar-refractivity contribution in [3.05, 3.63) is 66.4 Å². The molecule has 0 aliphatic carbocycles. The van der Waals surface area contributed by atoms with Crippen molar-refractivity contribution in [3.63, 3.8) is 0 Å². The standard InChI is InChI=1S/C20H20N2O2/c1-2-24-18-11-4-3-7-15(18)12-13-19(23)22-17-10-5-8-16-9-6-14-21-20(16)17/h3-11,14H,2,12-13H2,1H3,(H,22,23). The third-order valence-electron chi connectivity index (χ3n) is 3.80. The van der Waals surface area contributed by atoms with Crippen molar-refractivity contribution >= 4 is 22.5 Å². The van der Waals surface area contributed by atoms with Crippen LogP contribution in [0.25, 0.3) is 10.9 Å². The second-order valence-electron chi connectivity index (χ2n) is 5.47. The highest BCUT2D eigenvalue weighted by molar-refractivity contribution is 6.00. The number of nitrogens with one attached hydrogen (secondary N) is 1. The highest BCUT2D eigenvalue weighted by atomic mass is 16.5. The number of benzene rings is 2. The van der Waals surface area contributed by atoms with E-state index in [2.05, 4.69) is 10.3 Å². The summed E-state index contributed by atoms with van der Waals surface area (Å²) in [7, 11) is 0. The van der Waals surface area contributed by atoms with Crippen molar-refractivity contribution < 1.29 is 9.53 Å². The van der Waals surface area contributed by atoms with Gasteiger partial charge in [-0.3, -0.25) is 9.78 Å². The number of hydrogen-bond donors (Lipinski definition) is 1. The molecule has 4 nitrogen and oxygen atoms in total. The normalized spacial score (nSPS) is 10.5. The fourth-order valence-electron chi connectivity index (χ4n) is 2.67. The molecule has 0 spiro atoms. The van der Waals surface area contributed by atoms with E-state index in [0.717, 1.165) is 27.9 Å². The number of rotatable bonds is 6. The summed E-state index contributed by atoms with van der Waals surface area (Å²) >= 11 is 0. The van der Waals surface area contributed by atoms with E-state index in [0.29, 0.717) is 19.4 Å². The molecule has 0 unspecified atom stereocenters. The van der Waals surface area contributed by atoms with Crippen molar-refractivity contribution in [2.24, 2.45) is 0 Å². The van der Waals surface area contributed by atoms with E-state index in [1.165, 1.54) is 0 Å². The number of para-hydroxylation sites is 2. The number of anilines is 1. The second kappa shape index (κ2) is 7.59. The van der Waals surface area contributed by atoms with Crippen LogP contribution in [-0.2, 0) is 11.2 Å². The smallest absolute Gasteiger partial charge is 0.224 e. The summed E-state index contributed by atoms with van der Waals surface area (Å²) < 4.78 is 5.60. The molecule has 0 saturated heterocycles. The van der Waals surface area contributed by atoms with Crippen molar-refractivity contribution in [3.8, 4) is 5.75 Å². The van der Waals surface area contributed by atoms with Crippen LogP contribution in [0, 0.1) is 0 Å². The van der Waals surface area contributed by atoms with Gasteiger partial charge in [-0.15, -0.1) is 0 Å². The predicted molar refractivity (Wildman–Crippen MR) is 96.3 cm³/mol. The molecule has 1 amide bonds. The molecule has 122 valence electrons. The van der Waals surface area contributed by atoms with E-state index in [1.54, 1.807) is 6.20 Å². The van der Waals surface area contributed by atoms with E-state index >= 15 is 0 Å². The molecule has 0 aliphatic heterocycles. The minimum absolute atomic E-state index is 0.0283. The van der Waals surface area contributed by atoms with Crippen LogP contribution in [0.3, 0.4) is 0 Å². The summed E-state index contributed by atoms with van der Waals surface area (Å²) in [5.41, 5.74) is 2.60. The first-order valence-electron chi connectivity index (χ1n) is 8.12. The highest BCUT2D eigenvalue weighted by Gasteiger charge is 2.09. The average Bonchev–Trinajstić information content (AvgIpc) is 2.62. The number of hydrogen-bond acceptors (Lipinski definition) is 3. The third-order valence-corrected chi connectivity index (χ3v) is 3.80. The molecular formula is C20H20N2O2. The zero-order chi connectivity index (χ0) is 16.8. The summed E-state index contributed by atoms with van der Waals surface area (Å²) in [5.74, 6) is 0.819. The predicted octanol–water partition coefficient (Wildman–Crippen LogP) is 4.20. The van der Waals surface area contributed by atoms with Gasteiger partial charge in [-0.1, -0.05) is 36.4 Å². The quantitative estimate of drug-likeness (QED) is 0.740. The van der Waals surface area contributed by atoms with Crippen LogP contribution in [-0.4, -0.2) is 17.5 Å². The van der Waals surface area contributed by atoms with E-state index in [-0.39, 0.29) is 5.91 Å². The van der Waals surface area contributed by atoms with Crippen LogP contribution in [0.15, 0.2) is 60.8 Å². The van der Waals surface area contributed by atoms with Gasteiger partial charge in [-0.2, -0.15) is 0 Å². The number of carbonyl (C=O) groups is 1. The largest absolute Gasteiger partial charge is 0.494 e. The first-order chi connectivity index (χ1) is 11.8. The molecule has 0 atom stereocenters. The Morgan fingerprint density at radius 2 is 1.92 bits per heavy atom. The van der Waals surface area contributed by atoms with Crippen molar-refractivity contribution in [2.45, 2.75) is 19.8 Å². The summed E-state index contributed by atoms with van der Waals surface area (Å²) in [6, 6.07) is 17.5. The molecule has 1 aromatic heterocycles. The van der Waals surface area contributed by atoms with Gasteiger partial charge < -0.3 is 10.1 Å². The van der Waals surface area contributed by atoms with Crippen molar-refractivity contribution in [1.29, 1.82) is 0 Å². The number of fused-ring (bicyclic) bond motifs is 1. The minimum atomic E-state index is -0.0283. The van der Waals surface area contributed by atoms with Gasteiger partial charge >= 0.3 is 0 Å². The van der Waals surface area contributed by atoms with Gasteiger partial charge in [0.1, 0.15) is 5.75 Å². The Balaban J connectivity index is 1.68. The van der Waals surface area contributed by atoms with Gasteiger partial charge in [0, 0.05) is 18.0 Å². The molecule has 3 rings (SSSR count). The topological polar surface area (TPSA) is 51.2 Å². The monoisotopic (exact) mass is 320 g/mol. The summed E-state index contributed by atoms with van der Waals surface area (Å²) in [4.78, 5) is 16.7. The number of aromatic nitrogens is 1. The number of carbonyl (C=O) groups excluding carboxylic acids is 1. The van der Waals surface area contributed by atoms with Crippen LogP contribution in [0.2, 0.25) is 0 Å². The molecule has 0 bridgehead atoms. The van der Waals surface area contributed by atoms with Gasteiger partial charge in [-0.05, 0) is 37.1 Å². The number of nitrogens with zero attached hydrogens (tertiary/aromatic N) is 1. The Morgan fingerprint density at radius 3 is 2.79 bits per heavy atom. The third kappa shape index (κ3) is 3.71. The molecule has 3 aromatic rings. The molecule has 0 saturated carbocycles. The van der Waals surface area contributed by atoms with Crippen LogP contribution in [0.1, 0.15) is 18.9 Å². The number of ether oxygens (including phenoxy) is 1. The van der Waals surface area contributed by atoms with Gasteiger partial charge in [-0.25, -0.2) is 0 Å². The Hall–Kier alpha value is -2.88. The zero-order valence-electron chi connectivity index (χ0n) is 13.7. The lowest BCUT2D eigenvalue weighted by Gasteiger charge is -2.11. The van der Waals surface area contributed by atoms with E-state index in [1.807, 2.05) is 61.5 Å². The lowest BCUT2D eigenvalue weighted by Crippen LogP contribution is -2.13. The first kappa shape index (κ1) is 16.0. The molecule has 24 heavy (non-hydrogen) atoms. The molecule has 1 N–H and O–H groups in total. The second-order valence-corrected chi connectivity index (χ2v) is 5.47. The van der Waals surface area contributed by atoms with E-state index in [4.69, 9.17) is 4.74 Å². The lowest BCUT2D eigenvalue weighted by molar-refractivity contribution is -0.116. The van der Waals surface area contributed by atoms with Crippen LogP contribution in [0.4, 0.5) is 5.69 Å². The Kier molecular flexibility index (Phi) is 5.06. The molecular weight excluding hydrogens is 300 g/mol. The van der Waals surface area contributed by atoms with Crippen molar-refractivity contribution in [2.75, 3.05) is 11.9 Å². The number of aryl methyl sites for hydroxylation is 1. The van der Waals surface area contributed by atoms with Gasteiger partial charge in [0.25, 0.3) is 0 Å².